The molecule has 20 heavy (non-hydrogen) atoms. The van der Waals surface area contributed by atoms with Gasteiger partial charge in [-0.1, -0.05) is 6.07 Å². The number of pyridine rings is 1. The predicted octanol–water partition coefficient (Wildman–Crippen LogP) is 2.05. The molecule has 100 valence electrons. The molecule has 3 aromatic rings. The molecule has 2 aromatic heterocycles. The minimum atomic E-state index is -0.417. The number of aromatic nitrogens is 2. The van der Waals surface area contributed by atoms with Crippen molar-refractivity contribution < 1.29 is 4.79 Å². The molecule has 5 nitrogen and oxygen atoms in total. The van der Waals surface area contributed by atoms with Crippen LogP contribution in [0.1, 0.15) is 15.9 Å². The first-order valence-corrected chi connectivity index (χ1v) is 6.29. The highest BCUT2D eigenvalue weighted by Gasteiger charge is 2.03. The molecule has 0 saturated heterocycles. The maximum Gasteiger partial charge on any atom is 0.248 e. The van der Waals surface area contributed by atoms with Gasteiger partial charge in [0.25, 0.3) is 0 Å². The van der Waals surface area contributed by atoms with E-state index in [0.29, 0.717) is 12.1 Å². The first-order valence-electron chi connectivity index (χ1n) is 6.29. The lowest BCUT2D eigenvalue weighted by molar-refractivity contribution is 0.100. The van der Waals surface area contributed by atoms with Crippen molar-refractivity contribution in [3.8, 4) is 0 Å². The molecule has 0 atom stereocenters. The zero-order valence-corrected chi connectivity index (χ0v) is 10.8. The fourth-order valence-corrected chi connectivity index (χ4v) is 2.07. The van der Waals surface area contributed by atoms with E-state index >= 15 is 0 Å². The van der Waals surface area contributed by atoms with Gasteiger partial charge in [0, 0.05) is 29.6 Å². The van der Waals surface area contributed by atoms with Crippen LogP contribution in [0.4, 0.5) is 5.69 Å². The van der Waals surface area contributed by atoms with Crippen LogP contribution in [-0.2, 0) is 6.54 Å². The second-order valence-corrected chi connectivity index (χ2v) is 4.50. The van der Waals surface area contributed by atoms with E-state index in [9.17, 15) is 4.79 Å². The lowest BCUT2D eigenvalue weighted by Gasteiger charge is -2.06. The van der Waals surface area contributed by atoms with E-state index in [4.69, 9.17) is 5.73 Å². The van der Waals surface area contributed by atoms with Gasteiger partial charge in [0.15, 0.2) is 0 Å². The Morgan fingerprint density at radius 1 is 1.20 bits per heavy atom. The van der Waals surface area contributed by atoms with Crippen LogP contribution in [0, 0.1) is 0 Å². The summed E-state index contributed by atoms with van der Waals surface area (Å²) in [5, 5.41) is 7.58. The van der Waals surface area contributed by atoms with Gasteiger partial charge in [0.05, 0.1) is 11.7 Å². The number of carbonyl (C=O) groups is 1. The van der Waals surface area contributed by atoms with E-state index in [1.54, 1.807) is 12.1 Å². The number of amides is 1. The first kappa shape index (κ1) is 12.2. The van der Waals surface area contributed by atoms with Gasteiger partial charge in [0.1, 0.15) is 0 Å². The standard InChI is InChI=1S/C15H14N4O/c16-15(20)11-4-6-13(7-5-11)17-9-12-10-18-19-8-2-1-3-14(12)19/h1-8,10,17H,9H2,(H2,16,20). The normalized spacial score (nSPS) is 10.6. The molecule has 3 rings (SSSR count). The van der Waals surface area contributed by atoms with Gasteiger partial charge >= 0.3 is 0 Å². The molecule has 0 spiro atoms. The van der Waals surface area contributed by atoms with E-state index < -0.39 is 5.91 Å². The van der Waals surface area contributed by atoms with Crippen molar-refractivity contribution in [2.75, 3.05) is 5.32 Å². The van der Waals surface area contributed by atoms with Crippen molar-refractivity contribution in [1.82, 2.24) is 9.61 Å². The minimum absolute atomic E-state index is 0.417. The van der Waals surface area contributed by atoms with Crippen molar-refractivity contribution in [2.45, 2.75) is 6.54 Å². The third-order valence-electron chi connectivity index (χ3n) is 3.16. The number of hydrogen-bond acceptors (Lipinski definition) is 3. The quantitative estimate of drug-likeness (QED) is 0.759. The molecule has 0 bridgehead atoms. The first-order chi connectivity index (χ1) is 9.74. The monoisotopic (exact) mass is 266 g/mol. The van der Waals surface area contributed by atoms with Crippen LogP contribution in [-0.4, -0.2) is 15.5 Å². The third kappa shape index (κ3) is 2.33. The van der Waals surface area contributed by atoms with Crippen molar-refractivity contribution in [2.24, 2.45) is 5.73 Å². The number of anilines is 1. The fraction of sp³-hybridized carbons (Fsp3) is 0.0667. The van der Waals surface area contributed by atoms with Crippen molar-refractivity contribution in [3.05, 3.63) is 66.0 Å². The molecule has 0 saturated carbocycles. The Hall–Kier alpha value is -2.82. The Kier molecular flexibility index (Phi) is 3.09. The largest absolute Gasteiger partial charge is 0.381 e. The SMILES string of the molecule is NC(=O)c1ccc(NCc2cnn3ccccc23)cc1. The van der Waals surface area contributed by atoms with E-state index in [-0.39, 0.29) is 0 Å². The lowest BCUT2D eigenvalue weighted by Crippen LogP contribution is -2.10. The molecule has 0 aliphatic heterocycles. The van der Waals surface area contributed by atoms with Crippen molar-refractivity contribution in [3.63, 3.8) is 0 Å². The molecular weight excluding hydrogens is 252 g/mol. The van der Waals surface area contributed by atoms with Crippen LogP contribution in [0.3, 0.4) is 0 Å². The molecule has 0 radical (unpaired) electrons. The summed E-state index contributed by atoms with van der Waals surface area (Å²) in [7, 11) is 0. The lowest BCUT2D eigenvalue weighted by atomic mass is 10.2. The Balaban J connectivity index is 1.74. The summed E-state index contributed by atoms with van der Waals surface area (Å²) in [6.45, 7) is 0.670. The van der Waals surface area contributed by atoms with Gasteiger partial charge < -0.3 is 11.1 Å². The van der Waals surface area contributed by atoms with E-state index in [2.05, 4.69) is 10.4 Å². The number of nitrogens with two attached hydrogens (primary N) is 1. The van der Waals surface area contributed by atoms with Crippen LogP contribution < -0.4 is 11.1 Å². The number of benzene rings is 1. The molecule has 0 unspecified atom stereocenters. The summed E-state index contributed by atoms with van der Waals surface area (Å²) >= 11 is 0. The van der Waals surface area contributed by atoms with Crippen LogP contribution >= 0.6 is 0 Å². The highest BCUT2D eigenvalue weighted by atomic mass is 16.1. The molecule has 1 aromatic carbocycles. The Morgan fingerprint density at radius 3 is 2.75 bits per heavy atom. The van der Waals surface area contributed by atoms with Crippen LogP contribution in [0.25, 0.3) is 5.52 Å². The third-order valence-corrected chi connectivity index (χ3v) is 3.16. The number of hydrogen-bond donors (Lipinski definition) is 2. The molecule has 5 heteroatoms. The van der Waals surface area contributed by atoms with Gasteiger partial charge in [0.2, 0.25) is 5.91 Å². The second-order valence-electron chi connectivity index (χ2n) is 4.50. The van der Waals surface area contributed by atoms with E-state index in [0.717, 1.165) is 16.8 Å². The number of primary amides is 1. The smallest absolute Gasteiger partial charge is 0.248 e. The average Bonchev–Trinajstić information content (AvgIpc) is 2.89. The predicted molar refractivity (Wildman–Crippen MR) is 77.5 cm³/mol. The Morgan fingerprint density at radius 2 is 2.00 bits per heavy atom. The molecule has 3 N–H and O–H groups in total. The number of fused-ring (bicyclic) bond motifs is 1. The van der Waals surface area contributed by atoms with E-state index in [1.165, 1.54) is 0 Å². The summed E-state index contributed by atoms with van der Waals surface area (Å²) in [6.07, 6.45) is 3.76. The maximum atomic E-state index is 11.0. The highest BCUT2D eigenvalue weighted by molar-refractivity contribution is 5.93. The second kappa shape index (κ2) is 5.05. The van der Waals surface area contributed by atoms with Crippen molar-refractivity contribution in [1.29, 1.82) is 0 Å². The molecular formula is C15H14N4O. The summed E-state index contributed by atoms with van der Waals surface area (Å²) in [5.41, 5.74) is 8.84. The Labute approximate surface area is 116 Å². The fourth-order valence-electron chi connectivity index (χ4n) is 2.07. The minimum Gasteiger partial charge on any atom is -0.381 e. The van der Waals surface area contributed by atoms with E-state index in [1.807, 2.05) is 47.2 Å². The topological polar surface area (TPSA) is 72.4 Å². The molecule has 0 aliphatic rings. The maximum absolute atomic E-state index is 11.0. The van der Waals surface area contributed by atoms with Crippen LogP contribution in [0.2, 0.25) is 0 Å². The molecule has 1 amide bonds. The van der Waals surface area contributed by atoms with Crippen molar-refractivity contribution >= 4 is 17.1 Å². The molecule has 2 heterocycles. The zero-order valence-electron chi connectivity index (χ0n) is 10.8. The summed E-state index contributed by atoms with van der Waals surface area (Å²) in [6, 6.07) is 13.1. The van der Waals surface area contributed by atoms with Gasteiger partial charge in [-0.15, -0.1) is 0 Å². The molecule has 0 aliphatic carbocycles. The Bertz CT molecular complexity index is 746. The summed E-state index contributed by atoms with van der Waals surface area (Å²) in [5.74, 6) is -0.417. The molecule has 0 fully saturated rings. The van der Waals surface area contributed by atoms with Gasteiger partial charge in [-0.25, -0.2) is 4.52 Å². The van der Waals surface area contributed by atoms with Crippen LogP contribution in [0.15, 0.2) is 54.9 Å². The summed E-state index contributed by atoms with van der Waals surface area (Å²) < 4.78 is 1.84. The average molecular weight is 266 g/mol. The number of rotatable bonds is 4. The number of nitrogens with zero attached hydrogens (tertiary/aromatic N) is 2. The summed E-state index contributed by atoms with van der Waals surface area (Å²) in [4.78, 5) is 11.0. The number of nitrogens with one attached hydrogen (secondary N) is 1. The van der Waals surface area contributed by atoms with Crippen LogP contribution in [0.5, 0.6) is 0 Å². The van der Waals surface area contributed by atoms with Gasteiger partial charge in [-0.05, 0) is 36.4 Å². The zero-order chi connectivity index (χ0) is 13.9. The van der Waals surface area contributed by atoms with Gasteiger partial charge in [-0.2, -0.15) is 5.10 Å². The highest BCUT2D eigenvalue weighted by Crippen LogP contribution is 2.14. The number of carbonyl (C=O) groups excluding carboxylic acids is 1. The van der Waals surface area contributed by atoms with Gasteiger partial charge in [-0.3, -0.25) is 4.79 Å².